The molecule has 0 saturated carbocycles. The van der Waals surface area contributed by atoms with Gasteiger partial charge in [0.05, 0.1) is 10.8 Å². The number of furan rings is 2. The Balaban J connectivity index is 1.27. The Labute approximate surface area is 216 Å². The molecule has 0 amide bonds. The van der Waals surface area contributed by atoms with E-state index in [1.165, 1.54) is 0 Å². The van der Waals surface area contributed by atoms with Gasteiger partial charge in [0.15, 0.2) is 5.58 Å². The topological polar surface area (TPSA) is 77.8 Å². The van der Waals surface area contributed by atoms with Crippen molar-refractivity contribution in [2.24, 2.45) is 0 Å². The molecule has 8 rings (SSSR count). The van der Waals surface area contributed by atoms with Gasteiger partial charge in [-0.3, -0.25) is 9.97 Å². The average Bonchev–Trinajstić information content (AvgIpc) is 3.56. The fraction of sp³-hybridized carbons (Fsp3) is 0. The highest BCUT2D eigenvalue weighted by atomic mass is 16.3. The summed E-state index contributed by atoms with van der Waals surface area (Å²) in [6.07, 6.45) is 8.92. The predicted octanol–water partition coefficient (Wildman–Crippen LogP) is 8.07. The van der Waals surface area contributed by atoms with Crippen LogP contribution in [0.3, 0.4) is 0 Å². The fourth-order valence-electron chi connectivity index (χ4n) is 5.24. The van der Waals surface area contributed by atoms with Crippen molar-refractivity contribution in [1.29, 1.82) is 0 Å². The molecule has 6 nitrogen and oxygen atoms in total. The largest absolute Gasteiger partial charge is 0.438 e. The van der Waals surface area contributed by atoms with Gasteiger partial charge in [-0.15, -0.1) is 0 Å². The molecular weight excluding hydrogens is 472 g/mol. The van der Waals surface area contributed by atoms with E-state index in [2.05, 4.69) is 68.5 Å². The van der Waals surface area contributed by atoms with Crippen LogP contribution in [0.15, 0.2) is 119 Å². The molecule has 178 valence electrons. The van der Waals surface area contributed by atoms with Crippen molar-refractivity contribution in [2.75, 3.05) is 0 Å². The molecule has 6 heterocycles. The van der Waals surface area contributed by atoms with Crippen molar-refractivity contribution in [2.45, 2.75) is 0 Å². The lowest BCUT2D eigenvalue weighted by Gasteiger charge is -2.09. The van der Waals surface area contributed by atoms with Gasteiger partial charge >= 0.3 is 0 Å². The van der Waals surface area contributed by atoms with Crippen molar-refractivity contribution in [1.82, 2.24) is 19.9 Å². The van der Waals surface area contributed by atoms with E-state index in [-0.39, 0.29) is 0 Å². The summed E-state index contributed by atoms with van der Waals surface area (Å²) in [5, 5.41) is 2.85. The van der Waals surface area contributed by atoms with Gasteiger partial charge in [-0.05, 0) is 70.3 Å². The lowest BCUT2D eigenvalue weighted by atomic mass is 9.95. The van der Waals surface area contributed by atoms with Crippen LogP contribution in [0, 0.1) is 0 Å². The van der Waals surface area contributed by atoms with Gasteiger partial charge in [0.1, 0.15) is 11.1 Å². The summed E-state index contributed by atoms with van der Waals surface area (Å²) in [5.41, 5.74) is 9.95. The summed E-state index contributed by atoms with van der Waals surface area (Å²) >= 11 is 0. The summed E-state index contributed by atoms with van der Waals surface area (Å²) in [6, 6.07) is 26.8. The zero-order chi connectivity index (χ0) is 25.1. The van der Waals surface area contributed by atoms with Gasteiger partial charge in [-0.1, -0.05) is 36.4 Å². The molecule has 0 radical (unpaired) electrons. The first-order valence-electron chi connectivity index (χ1n) is 12.3. The van der Waals surface area contributed by atoms with Crippen molar-refractivity contribution in [3.05, 3.63) is 110 Å². The molecule has 0 saturated heterocycles. The highest BCUT2D eigenvalue weighted by Crippen LogP contribution is 2.38. The molecular formula is C32H18N4O2. The molecule has 38 heavy (non-hydrogen) atoms. The summed E-state index contributed by atoms with van der Waals surface area (Å²) in [4.78, 5) is 17.7. The van der Waals surface area contributed by atoms with E-state index < -0.39 is 0 Å². The number of nitrogens with zero attached hydrogens (tertiary/aromatic N) is 4. The lowest BCUT2D eigenvalue weighted by molar-refractivity contribution is 0.653. The van der Waals surface area contributed by atoms with E-state index in [0.29, 0.717) is 11.4 Å². The SMILES string of the molecule is c1cc(-c2cccc(-c3ccnc4oc5ccncc5c34)c2)cc(-c2ccnc3c2oc2ncccc23)c1. The van der Waals surface area contributed by atoms with Crippen LogP contribution in [0.25, 0.3) is 77.6 Å². The summed E-state index contributed by atoms with van der Waals surface area (Å²) in [6.45, 7) is 0. The van der Waals surface area contributed by atoms with E-state index >= 15 is 0 Å². The van der Waals surface area contributed by atoms with Crippen LogP contribution < -0.4 is 0 Å². The molecule has 0 unspecified atom stereocenters. The van der Waals surface area contributed by atoms with Crippen molar-refractivity contribution >= 4 is 44.3 Å². The van der Waals surface area contributed by atoms with E-state index in [9.17, 15) is 0 Å². The maximum Gasteiger partial charge on any atom is 0.228 e. The van der Waals surface area contributed by atoms with Gasteiger partial charge in [0.25, 0.3) is 0 Å². The Morgan fingerprint density at radius 3 is 2.13 bits per heavy atom. The van der Waals surface area contributed by atoms with Gasteiger partial charge in [-0.25, -0.2) is 9.97 Å². The Bertz CT molecular complexity index is 2160. The first-order chi connectivity index (χ1) is 18.8. The Kier molecular flexibility index (Phi) is 4.42. The minimum atomic E-state index is 0.594. The number of rotatable bonds is 3. The fourth-order valence-corrected chi connectivity index (χ4v) is 5.24. The lowest BCUT2D eigenvalue weighted by Crippen LogP contribution is -1.86. The maximum absolute atomic E-state index is 6.14. The minimum Gasteiger partial charge on any atom is -0.438 e. The van der Waals surface area contributed by atoms with Gasteiger partial charge in [0, 0.05) is 41.9 Å². The number of pyridine rings is 4. The third-order valence-corrected chi connectivity index (χ3v) is 6.98. The summed E-state index contributed by atoms with van der Waals surface area (Å²) in [5.74, 6) is 0. The molecule has 0 atom stereocenters. The summed E-state index contributed by atoms with van der Waals surface area (Å²) < 4.78 is 12.1. The first kappa shape index (κ1) is 20.8. The molecule has 8 aromatic rings. The monoisotopic (exact) mass is 490 g/mol. The highest BCUT2D eigenvalue weighted by molar-refractivity contribution is 6.11. The van der Waals surface area contributed by atoms with E-state index in [1.54, 1.807) is 18.6 Å². The molecule has 0 aliphatic rings. The highest BCUT2D eigenvalue weighted by Gasteiger charge is 2.16. The number of hydrogen-bond donors (Lipinski definition) is 0. The van der Waals surface area contributed by atoms with Crippen LogP contribution >= 0.6 is 0 Å². The molecule has 0 N–H and O–H groups in total. The third-order valence-electron chi connectivity index (χ3n) is 6.98. The molecule has 6 heteroatoms. The third kappa shape index (κ3) is 3.14. The van der Waals surface area contributed by atoms with Crippen LogP contribution in [0.2, 0.25) is 0 Å². The van der Waals surface area contributed by atoms with Crippen molar-refractivity contribution in [3.63, 3.8) is 0 Å². The van der Waals surface area contributed by atoms with Crippen molar-refractivity contribution < 1.29 is 8.83 Å². The summed E-state index contributed by atoms with van der Waals surface area (Å²) in [7, 11) is 0. The second-order valence-corrected chi connectivity index (χ2v) is 9.17. The second kappa shape index (κ2) is 8.08. The molecule has 0 spiro atoms. The normalized spacial score (nSPS) is 11.7. The van der Waals surface area contributed by atoms with Crippen LogP contribution in [-0.4, -0.2) is 19.9 Å². The first-order valence-corrected chi connectivity index (χ1v) is 12.3. The smallest absolute Gasteiger partial charge is 0.228 e. The van der Waals surface area contributed by atoms with Gasteiger partial charge < -0.3 is 8.83 Å². The Morgan fingerprint density at radius 2 is 1.26 bits per heavy atom. The van der Waals surface area contributed by atoms with E-state index in [1.807, 2.05) is 42.7 Å². The Hall–Kier alpha value is -5.36. The number of aromatic nitrogens is 4. The number of benzene rings is 2. The standard InChI is InChI=1S/C32H18N4O2/c1-4-19(16-21(6-1)23-9-15-36-32-28(23)26-18-33-13-11-27(26)37-32)20-5-2-7-22(17-20)24-10-14-34-29-25-8-3-12-35-31(25)38-30(24)29/h1-18H. The van der Waals surface area contributed by atoms with Gasteiger partial charge in [0.2, 0.25) is 11.4 Å². The number of hydrogen-bond acceptors (Lipinski definition) is 6. The zero-order valence-corrected chi connectivity index (χ0v) is 20.0. The molecule has 0 aliphatic carbocycles. The maximum atomic E-state index is 6.14. The van der Waals surface area contributed by atoms with Crippen LogP contribution in [0.5, 0.6) is 0 Å². The molecule has 0 aliphatic heterocycles. The van der Waals surface area contributed by atoms with E-state index in [0.717, 1.165) is 66.2 Å². The molecule has 0 fully saturated rings. The van der Waals surface area contributed by atoms with Crippen LogP contribution in [0.1, 0.15) is 0 Å². The quantitative estimate of drug-likeness (QED) is 0.249. The number of fused-ring (bicyclic) bond motifs is 6. The average molecular weight is 491 g/mol. The zero-order valence-electron chi connectivity index (χ0n) is 20.0. The second-order valence-electron chi connectivity index (χ2n) is 9.17. The van der Waals surface area contributed by atoms with E-state index in [4.69, 9.17) is 8.83 Å². The molecule has 2 aromatic carbocycles. The molecule has 6 aromatic heterocycles. The van der Waals surface area contributed by atoms with Crippen LogP contribution in [0.4, 0.5) is 0 Å². The van der Waals surface area contributed by atoms with Crippen molar-refractivity contribution in [3.8, 4) is 33.4 Å². The molecule has 0 bridgehead atoms. The van der Waals surface area contributed by atoms with Gasteiger partial charge in [-0.2, -0.15) is 0 Å². The Morgan fingerprint density at radius 1 is 0.526 bits per heavy atom. The van der Waals surface area contributed by atoms with Crippen LogP contribution in [-0.2, 0) is 0 Å². The minimum absolute atomic E-state index is 0.594. The predicted molar refractivity (Wildman–Crippen MR) is 148 cm³/mol.